The summed E-state index contributed by atoms with van der Waals surface area (Å²) in [6.07, 6.45) is 3.69. The molecule has 0 atom stereocenters. The third-order valence-electron chi connectivity index (χ3n) is 2.65. The van der Waals surface area contributed by atoms with E-state index in [2.05, 4.69) is 4.98 Å². The molecule has 0 aliphatic carbocycles. The molecule has 1 heterocycles. The Morgan fingerprint density at radius 2 is 2.05 bits per heavy atom. The molecular weight excluding hydrogens is 276 g/mol. The number of para-hydroxylation sites is 1. The van der Waals surface area contributed by atoms with Crippen molar-refractivity contribution < 1.29 is 4.74 Å². The first-order valence-corrected chi connectivity index (χ1v) is 7.33. The zero-order valence-corrected chi connectivity index (χ0v) is 12.3. The van der Waals surface area contributed by atoms with Crippen molar-refractivity contribution in [3.63, 3.8) is 0 Å². The van der Waals surface area contributed by atoms with Crippen LogP contribution < -0.4 is 10.5 Å². The van der Waals surface area contributed by atoms with Crippen LogP contribution in [0.1, 0.15) is 11.1 Å². The molecule has 0 unspecified atom stereocenters. The molecule has 0 saturated carbocycles. The van der Waals surface area contributed by atoms with Gasteiger partial charge in [0.2, 0.25) is 5.88 Å². The molecule has 2 N–H and O–H groups in total. The third kappa shape index (κ3) is 3.05. The highest BCUT2D eigenvalue weighted by Crippen LogP contribution is 2.32. The summed E-state index contributed by atoms with van der Waals surface area (Å²) in [5.41, 5.74) is 7.39. The fourth-order valence-electron chi connectivity index (χ4n) is 1.72. The number of thiocarbonyl (C=S) groups is 1. The first kappa shape index (κ1) is 13.8. The number of aryl methyl sites for hydroxylation is 1. The zero-order valence-electron chi connectivity index (χ0n) is 10.7. The van der Waals surface area contributed by atoms with E-state index in [1.807, 2.05) is 43.5 Å². The van der Waals surface area contributed by atoms with Gasteiger partial charge in [-0.2, -0.15) is 0 Å². The average Bonchev–Trinajstić information content (AvgIpc) is 2.39. The quantitative estimate of drug-likeness (QED) is 0.689. The topological polar surface area (TPSA) is 48.1 Å². The number of hydrogen-bond acceptors (Lipinski definition) is 4. The van der Waals surface area contributed by atoms with Gasteiger partial charge >= 0.3 is 0 Å². The average molecular weight is 290 g/mol. The lowest BCUT2D eigenvalue weighted by molar-refractivity contribution is 0.451. The minimum atomic E-state index is 0.294. The van der Waals surface area contributed by atoms with Crippen LogP contribution in [0.4, 0.5) is 0 Å². The molecule has 98 valence electrons. The molecule has 0 fully saturated rings. The van der Waals surface area contributed by atoms with Crippen LogP contribution in [0.2, 0.25) is 0 Å². The van der Waals surface area contributed by atoms with E-state index >= 15 is 0 Å². The SMILES string of the molecule is CSc1ccccc1Oc1nccc(C)c1C(N)=S. The Hall–Kier alpha value is -1.59. The van der Waals surface area contributed by atoms with Crippen LogP contribution in [0.3, 0.4) is 0 Å². The van der Waals surface area contributed by atoms with E-state index in [0.717, 1.165) is 16.2 Å². The molecule has 2 rings (SSSR count). The lowest BCUT2D eigenvalue weighted by Crippen LogP contribution is -2.13. The smallest absolute Gasteiger partial charge is 0.229 e. The van der Waals surface area contributed by atoms with Crippen LogP contribution in [0.15, 0.2) is 41.4 Å². The molecule has 1 aromatic carbocycles. The van der Waals surface area contributed by atoms with E-state index in [9.17, 15) is 0 Å². The van der Waals surface area contributed by atoms with Crippen LogP contribution in [-0.2, 0) is 0 Å². The molecule has 0 spiro atoms. The zero-order chi connectivity index (χ0) is 13.8. The van der Waals surface area contributed by atoms with Crippen molar-refractivity contribution in [1.82, 2.24) is 4.98 Å². The second-order valence-corrected chi connectivity index (χ2v) is 5.21. The lowest BCUT2D eigenvalue weighted by atomic mass is 10.1. The van der Waals surface area contributed by atoms with Gasteiger partial charge in [-0.15, -0.1) is 11.8 Å². The number of hydrogen-bond donors (Lipinski definition) is 1. The van der Waals surface area contributed by atoms with Gasteiger partial charge in [0, 0.05) is 11.1 Å². The molecule has 0 amide bonds. The number of aromatic nitrogens is 1. The summed E-state index contributed by atoms with van der Waals surface area (Å²) < 4.78 is 5.87. The highest BCUT2D eigenvalue weighted by atomic mass is 32.2. The summed E-state index contributed by atoms with van der Waals surface area (Å²) in [6.45, 7) is 1.93. The number of ether oxygens (including phenoxy) is 1. The lowest BCUT2D eigenvalue weighted by Gasteiger charge is -2.13. The van der Waals surface area contributed by atoms with Crippen molar-refractivity contribution in [3.05, 3.63) is 47.7 Å². The third-order valence-corrected chi connectivity index (χ3v) is 3.63. The standard InChI is InChI=1S/C14H14N2OS2/c1-9-7-8-16-14(12(9)13(15)18)17-10-5-3-4-6-11(10)19-2/h3-8H,1-2H3,(H2,15,18). The van der Waals surface area contributed by atoms with Gasteiger partial charge in [-0.25, -0.2) is 4.98 Å². The van der Waals surface area contributed by atoms with Crippen molar-refractivity contribution in [2.75, 3.05) is 6.26 Å². The molecule has 0 aliphatic heterocycles. The Morgan fingerprint density at radius 1 is 1.32 bits per heavy atom. The number of rotatable bonds is 4. The van der Waals surface area contributed by atoms with Gasteiger partial charge in [0.15, 0.2) is 0 Å². The van der Waals surface area contributed by atoms with E-state index in [4.69, 9.17) is 22.7 Å². The van der Waals surface area contributed by atoms with Gasteiger partial charge in [0.05, 0.1) is 5.56 Å². The molecule has 2 aromatic rings. The van der Waals surface area contributed by atoms with E-state index in [1.165, 1.54) is 0 Å². The number of benzene rings is 1. The van der Waals surface area contributed by atoms with E-state index in [0.29, 0.717) is 16.4 Å². The first-order chi connectivity index (χ1) is 9.13. The molecule has 0 radical (unpaired) electrons. The Kier molecular flexibility index (Phi) is 4.39. The van der Waals surface area contributed by atoms with Gasteiger partial charge in [-0.1, -0.05) is 24.4 Å². The normalized spacial score (nSPS) is 10.2. The fraction of sp³-hybridized carbons (Fsp3) is 0.143. The minimum absolute atomic E-state index is 0.294. The van der Waals surface area contributed by atoms with Gasteiger partial charge in [0.1, 0.15) is 10.7 Å². The van der Waals surface area contributed by atoms with Crippen molar-refractivity contribution >= 4 is 29.0 Å². The van der Waals surface area contributed by atoms with Gasteiger partial charge < -0.3 is 10.5 Å². The Balaban J connectivity index is 2.44. The number of thioether (sulfide) groups is 1. The Bertz CT molecular complexity index is 614. The summed E-state index contributed by atoms with van der Waals surface area (Å²) in [6, 6.07) is 9.65. The van der Waals surface area contributed by atoms with Gasteiger partial charge in [0.25, 0.3) is 0 Å². The Labute approximate surface area is 122 Å². The molecule has 0 bridgehead atoms. The predicted molar refractivity (Wildman–Crippen MR) is 83.2 cm³/mol. The van der Waals surface area contributed by atoms with Crippen LogP contribution >= 0.6 is 24.0 Å². The van der Waals surface area contributed by atoms with E-state index in [-0.39, 0.29) is 0 Å². The molecule has 0 saturated heterocycles. The predicted octanol–water partition coefficient (Wildman–Crippen LogP) is 3.54. The number of pyridine rings is 1. The summed E-state index contributed by atoms with van der Waals surface area (Å²) in [7, 11) is 0. The molecule has 1 aromatic heterocycles. The van der Waals surface area contributed by atoms with Crippen molar-refractivity contribution in [2.45, 2.75) is 11.8 Å². The summed E-state index contributed by atoms with van der Waals surface area (Å²) in [5, 5.41) is 0. The van der Waals surface area contributed by atoms with Crippen LogP contribution in [0, 0.1) is 6.92 Å². The summed E-state index contributed by atoms with van der Waals surface area (Å²) in [4.78, 5) is 5.57. The van der Waals surface area contributed by atoms with Crippen LogP contribution in [0.25, 0.3) is 0 Å². The number of nitrogens with two attached hydrogens (primary N) is 1. The van der Waals surface area contributed by atoms with Gasteiger partial charge in [-0.05, 0) is 36.9 Å². The van der Waals surface area contributed by atoms with E-state index in [1.54, 1.807) is 18.0 Å². The molecule has 5 heteroatoms. The van der Waals surface area contributed by atoms with Crippen molar-refractivity contribution in [3.8, 4) is 11.6 Å². The monoisotopic (exact) mass is 290 g/mol. The maximum absolute atomic E-state index is 5.87. The second kappa shape index (κ2) is 6.04. The van der Waals surface area contributed by atoms with E-state index < -0.39 is 0 Å². The van der Waals surface area contributed by atoms with Crippen molar-refractivity contribution in [1.29, 1.82) is 0 Å². The second-order valence-electron chi connectivity index (χ2n) is 3.93. The molecule has 19 heavy (non-hydrogen) atoms. The van der Waals surface area contributed by atoms with Crippen molar-refractivity contribution in [2.24, 2.45) is 5.73 Å². The highest BCUT2D eigenvalue weighted by Gasteiger charge is 2.13. The maximum atomic E-state index is 5.87. The van der Waals surface area contributed by atoms with Gasteiger partial charge in [-0.3, -0.25) is 0 Å². The highest BCUT2D eigenvalue weighted by molar-refractivity contribution is 7.98. The molecule has 3 nitrogen and oxygen atoms in total. The Morgan fingerprint density at radius 3 is 2.74 bits per heavy atom. The fourth-order valence-corrected chi connectivity index (χ4v) is 2.49. The molecule has 0 aliphatic rings. The van der Waals surface area contributed by atoms with Crippen LogP contribution in [-0.4, -0.2) is 16.2 Å². The number of nitrogens with zero attached hydrogens (tertiary/aromatic N) is 1. The summed E-state index contributed by atoms with van der Waals surface area (Å²) >= 11 is 6.68. The first-order valence-electron chi connectivity index (χ1n) is 5.69. The minimum Gasteiger partial charge on any atom is -0.437 e. The molecular formula is C14H14N2OS2. The maximum Gasteiger partial charge on any atom is 0.229 e. The summed E-state index contributed by atoms with van der Waals surface area (Å²) in [5.74, 6) is 1.21. The largest absolute Gasteiger partial charge is 0.437 e. The van der Waals surface area contributed by atoms with Crippen LogP contribution in [0.5, 0.6) is 11.6 Å².